The Morgan fingerprint density at radius 2 is 1.69 bits per heavy atom. The molecule has 0 radical (unpaired) electrons. The van der Waals surface area contributed by atoms with Crippen LogP contribution in [0.1, 0.15) is 24.0 Å². The Morgan fingerprint density at radius 3 is 2.45 bits per heavy atom. The fraction of sp³-hybridized carbons (Fsp3) is 0.348. The van der Waals surface area contributed by atoms with Gasteiger partial charge in [-0.05, 0) is 36.6 Å². The third-order valence-electron chi connectivity index (χ3n) is 5.68. The molecule has 6 heteroatoms. The number of hydrogen-bond donors (Lipinski definition) is 1. The van der Waals surface area contributed by atoms with Crippen molar-refractivity contribution in [2.45, 2.75) is 25.8 Å². The van der Waals surface area contributed by atoms with Gasteiger partial charge in [-0.25, -0.2) is 0 Å². The van der Waals surface area contributed by atoms with E-state index in [1.165, 1.54) is 10.9 Å². The third kappa shape index (κ3) is 4.77. The standard InChI is InChI=1S/C23H25Cl2N3O/c24-20-7-4-8-21(25)19(20)16-27-11-13-28(14-12-27)23(29)10-3-5-17-15-26-22-9-2-1-6-18(17)22/h1-2,4,6-9,15,26H,3,5,10-14,16H2. The van der Waals surface area contributed by atoms with Crippen molar-refractivity contribution in [2.75, 3.05) is 26.2 Å². The molecule has 1 aliphatic rings. The van der Waals surface area contributed by atoms with Crippen LogP contribution in [0.25, 0.3) is 10.9 Å². The first-order valence-corrected chi connectivity index (χ1v) is 10.9. The van der Waals surface area contributed by atoms with Gasteiger partial charge in [0.15, 0.2) is 0 Å². The summed E-state index contributed by atoms with van der Waals surface area (Å²) in [6, 6.07) is 13.9. The molecule has 1 N–H and O–H groups in total. The predicted molar refractivity (Wildman–Crippen MR) is 120 cm³/mol. The first-order chi connectivity index (χ1) is 14.1. The van der Waals surface area contributed by atoms with Gasteiger partial charge in [0.2, 0.25) is 5.91 Å². The largest absolute Gasteiger partial charge is 0.361 e. The van der Waals surface area contributed by atoms with Gasteiger partial charge in [0.25, 0.3) is 0 Å². The molecule has 152 valence electrons. The molecular weight excluding hydrogens is 405 g/mol. The van der Waals surface area contributed by atoms with E-state index in [1.807, 2.05) is 29.2 Å². The number of piperazine rings is 1. The van der Waals surface area contributed by atoms with Crippen molar-refractivity contribution in [1.29, 1.82) is 0 Å². The normalized spacial score (nSPS) is 15.2. The summed E-state index contributed by atoms with van der Waals surface area (Å²) in [5.41, 5.74) is 3.41. The summed E-state index contributed by atoms with van der Waals surface area (Å²) < 4.78 is 0. The zero-order chi connectivity index (χ0) is 20.2. The maximum absolute atomic E-state index is 12.6. The van der Waals surface area contributed by atoms with Gasteiger partial charge < -0.3 is 9.88 Å². The zero-order valence-electron chi connectivity index (χ0n) is 16.3. The van der Waals surface area contributed by atoms with Crippen molar-refractivity contribution in [2.24, 2.45) is 0 Å². The minimum absolute atomic E-state index is 0.250. The van der Waals surface area contributed by atoms with E-state index in [0.717, 1.165) is 56.6 Å². The molecule has 1 aliphatic heterocycles. The van der Waals surface area contributed by atoms with E-state index in [0.29, 0.717) is 16.5 Å². The highest BCUT2D eigenvalue weighted by Crippen LogP contribution is 2.26. The van der Waals surface area contributed by atoms with Gasteiger partial charge in [-0.3, -0.25) is 9.69 Å². The molecular formula is C23H25Cl2N3O. The summed E-state index contributed by atoms with van der Waals surface area (Å²) in [6.07, 6.45) is 4.44. The Kier molecular flexibility index (Phi) is 6.43. The topological polar surface area (TPSA) is 39.3 Å². The molecule has 0 unspecified atom stereocenters. The Hall–Kier alpha value is -2.01. The number of aryl methyl sites for hydroxylation is 1. The van der Waals surface area contributed by atoms with Gasteiger partial charge >= 0.3 is 0 Å². The lowest BCUT2D eigenvalue weighted by Crippen LogP contribution is -2.48. The molecule has 0 atom stereocenters. The van der Waals surface area contributed by atoms with E-state index in [-0.39, 0.29) is 5.91 Å². The van der Waals surface area contributed by atoms with Crippen molar-refractivity contribution in [3.8, 4) is 0 Å². The maximum atomic E-state index is 12.6. The van der Waals surface area contributed by atoms with Gasteiger partial charge in [-0.2, -0.15) is 0 Å². The van der Waals surface area contributed by atoms with E-state index in [4.69, 9.17) is 23.2 Å². The number of rotatable bonds is 6. The lowest BCUT2D eigenvalue weighted by molar-refractivity contribution is -0.133. The first kappa shape index (κ1) is 20.3. The van der Waals surface area contributed by atoms with E-state index in [9.17, 15) is 4.79 Å². The zero-order valence-corrected chi connectivity index (χ0v) is 17.8. The number of carbonyl (C=O) groups excluding carboxylic acids is 1. The summed E-state index contributed by atoms with van der Waals surface area (Å²) in [4.78, 5) is 20.2. The van der Waals surface area contributed by atoms with Gasteiger partial charge in [0.05, 0.1) is 0 Å². The monoisotopic (exact) mass is 429 g/mol. The fourth-order valence-electron chi connectivity index (χ4n) is 3.99. The smallest absolute Gasteiger partial charge is 0.222 e. The SMILES string of the molecule is O=C(CCCc1c[nH]c2ccccc12)N1CCN(Cc2c(Cl)cccc2Cl)CC1. The van der Waals surface area contributed by atoms with Crippen LogP contribution in [-0.4, -0.2) is 46.9 Å². The molecule has 0 aliphatic carbocycles. The number of aromatic amines is 1. The number of halogens is 2. The lowest BCUT2D eigenvalue weighted by atomic mass is 10.1. The molecule has 2 heterocycles. The lowest BCUT2D eigenvalue weighted by Gasteiger charge is -2.35. The van der Waals surface area contributed by atoms with Crippen LogP contribution < -0.4 is 0 Å². The number of hydrogen-bond acceptors (Lipinski definition) is 2. The minimum Gasteiger partial charge on any atom is -0.361 e. The molecule has 1 fully saturated rings. The molecule has 0 saturated carbocycles. The molecule has 1 aromatic heterocycles. The van der Waals surface area contributed by atoms with Crippen LogP contribution in [0.15, 0.2) is 48.7 Å². The highest BCUT2D eigenvalue weighted by molar-refractivity contribution is 6.35. The number of carbonyl (C=O) groups is 1. The van der Waals surface area contributed by atoms with Crippen molar-refractivity contribution in [3.05, 3.63) is 69.8 Å². The number of benzene rings is 2. The van der Waals surface area contributed by atoms with E-state index in [1.54, 1.807) is 0 Å². The molecule has 0 spiro atoms. The molecule has 1 saturated heterocycles. The number of fused-ring (bicyclic) bond motifs is 1. The Bertz CT molecular complexity index is 972. The highest BCUT2D eigenvalue weighted by Gasteiger charge is 2.22. The first-order valence-electron chi connectivity index (χ1n) is 10.1. The molecule has 3 aromatic rings. The average Bonchev–Trinajstić information content (AvgIpc) is 3.14. The number of para-hydroxylation sites is 1. The third-order valence-corrected chi connectivity index (χ3v) is 6.39. The van der Waals surface area contributed by atoms with Crippen molar-refractivity contribution < 1.29 is 4.79 Å². The van der Waals surface area contributed by atoms with Crippen LogP contribution in [0, 0.1) is 0 Å². The van der Waals surface area contributed by atoms with Crippen LogP contribution >= 0.6 is 23.2 Å². The highest BCUT2D eigenvalue weighted by atomic mass is 35.5. The Labute approximate surface area is 181 Å². The van der Waals surface area contributed by atoms with Gasteiger partial charge in [-0.15, -0.1) is 0 Å². The van der Waals surface area contributed by atoms with Gasteiger partial charge in [0.1, 0.15) is 0 Å². The number of nitrogens with zero attached hydrogens (tertiary/aromatic N) is 2. The molecule has 2 aromatic carbocycles. The van der Waals surface area contributed by atoms with Crippen molar-refractivity contribution in [1.82, 2.24) is 14.8 Å². The fourth-order valence-corrected chi connectivity index (χ4v) is 4.51. The Morgan fingerprint density at radius 1 is 0.966 bits per heavy atom. The molecule has 4 nitrogen and oxygen atoms in total. The van der Waals surface area contributed by atoms with E-state index >= 15 is 0 Å². The molecule has 0 bridgehead atoms. The maximum Gasteiger partial charge on any atom is 0.222 e. The number of H-pyrrole nitrogens is 1. The number of aromatic nitrogens is 1. The average molecular weight is 430 g/mol. The number of nitrogens with one attached hydrogen (secondary N) is 1. The molecule has 1 amide bonds. The van der Waals surface area contributed by atoms with Crippen LogP contribution in [0.4, 0.5) is 0 Å². The van der Waals surface area contributed by atoms with Crippen molar-refractivity contribution in [3.63, 3.8) is 0 Å². The van der Waals surface area contributed by atoms with Crippen LogP contribution in [0.3, 0.4) is 0 Å². The minimum atomic E-state index is 0.250. The van der Waals surface area contributed by atoms with Crippen LogP contribution in [-0.2, 0) is 17.8 Å². The van der Waals surface area contributed by atoms with E-state index in [2.05, 4.69) is 34.3 Å². The van der Waals surface area contributed by atoms with Crippen LogP contribution in [0.5, 0.6) is 0 Å². The quantitative estimate of drug-likeness (QED) is 0.588. The number of amides is 1. The Balaban J connectivity index is 1.24. The van der Waals surface area contributed by atoms with Gasteiger partial charge in [-0.1, -0.05) is 47.5 Å². The van der Waals surface area contributed by atoms with E-state index < -0.39 is 0 Å². The van der Waals surface area contributed by atoms with Crippen molar-refractivity contribution >= 4 is 40.0 Å². The second-order valence-corrected chi connectivity index (χ2v) is 8.38. The summed E-state index contributed by atoms with van der Waals surface area (Å²) >= 11 is 12.6. The molecule has 29 heavy (non-hydrogen) atoms. The summed E-state index contributed by atoms with van der Waals surface area (Å²) in [6.45, 7) is 3.93. The van der Waals surface area contributed by atoms with Crippen LogP contribution in [0.2, 0.25) is 10.0 Å². The summed E-state index contributed by atoms with van der Waals surface area (Å²) in [5, 5.41) is 2.66. The summed E-state index contributed by atoms with van der Waals surface area (Å²) in [5.74, 6) is 0.250. The van der Waals surface area contributed by atoms with Gasteiger partial charge in [0, 0.05) is 71.9 Å². The summed E-state index contributed by atoms with van der Waals surface area (Å²) in [7, 11) is 0. The second kappa shape index (κ2) is 9.21. The second-order valence-electron chi connectivity index (χ2n) is 7.57. The predicted octanol–water partition coefficient (Wildman–Crippen LogP) is 5.14. The molecule has 4 rings (SSSR count).